The fraction of sp³-hybridized carbons (Fsp3) is 0.533. The molecule has 0 radical (unpaired) electrons. The zero-order valence-corrected chi connectivity index (χ0v) is 11.6. The first-order valence-electron chi connectivity index (χ1n) is 6.98. The number of nitrogens with zero attached hydrogens (tertiary/aromatic N) is 1. The van der Waals surface area contributed by atoms with Gasteiger partial charge in [0.05, 0.1) is 0 Å². The molecule has 4 nitrogen and oxygen atoms in total. The molecule has 104 valence electrons. The lowest BCUT2D eigenvalue weighted by Gasteiger charge is -2.17. The van der Waals surface area contributed by atoms with Crippen LogP contribution in [-0.4, -0.2) is 37.1 Å². The molecule has 1 heterocycles. The van der Waals surface area contributed by atoms with Crippen LogP contribution in [0.2, 0.25) is 0 Å². The third-order valence-corrected chi connectivity index (χ3v) is 3.84. The molecule has 1 aromatic rings. The summed E-state index contributed by atoms with van der Waals surface area (Å²) in [6.07, 6.45) is 1.91. The van der Waals surface area contributed by atoms with Crippen LogP contribution in [0.3, 0.4) is 0 Å². The van der Waals surface area contributed by atoms with E-state index in [0.717, 1.165) is 25.9 Å². The van der Waals surface area contributed by atoms with Gasteiger partial charge < -0.3 is 16.0 Å². The Bertz CT molecular complexity index is 433. The minimum Gasteiger partial charge on any atom is -0.338 e. The number of benzene rings is 1. The first kappa shape index (κ1) is 13.9. The molecule has 1 aliphatic rings. The van der Waals surface area contributed by atoms with Gasteiger partial charge in [0.15, 0.2) is 0 Å². The summed E-state index contributed by atoms with van der Waals surface area (Å²) in [4.78, 5) is 13.8. The lowest BCUT2D eigenvalue weighted by atomic mass is 10.1. The maximum atomic E-state index is 12.0. The Labute approximate surface area is 115 Å². The second kappa shape index (κ2) is 6.57. The van der Waals surface area contributed by atoms with E-state index in [-0.39, 0.29) is 6.03 Å². The average Bonchev–Trinajstić information content (AvgIpc) is 2.90. The number of likely N-dealkylation sites (tertiary alicyclic amines) is 1. The molecule has 1 fully saturated rings. The van der Waals surface area contributed by atoms with Crippen LogP contribution >= 0.6 is 0 Å². The molecule has 2 rings (SSSR count). The fourth-order valence-corrected chi connectivity index (χ4v) is 2.52. The molecule has 19 heavy (non-hydrogen) atoms. The summed E-state index contributed by atoms with van der Waals surface area (Å²) in [6.45, 7) is 5.09. The van der Waals surface area contributed by atoms with E-state index < -0.39 is 0 Å². The van der Waals surface area contributed by atoms with Gasteiger partial charge in [-0.15, -0.1) is 0 Å². The summed E-state index contributed by atoms with van der Waals surface area (Å²) in [5.74, 6) is 0.474. The first-order valence-corrected chi connectivity index (χ1v) is 6.98. The van der Waals surface area contributed by atoms with Crippen molar-refractivity contribution in [3.05, 3.63) is 35.4 Å². The Morgan fingerprint density at radius 1 is 1.47 bits per heavy atom. The molecule has 1 aromatic carbocycles. The highest BCUT2D eigenvalue weighted by Gasteiger charge is 2.24. The van der Waals surface area contributed by atoms with Crippen molar-refractivity contribution in [3.8, 4) is 0 Å². The summed E-state index contributed by atoms with van der Waals surface area (Å²) >= 11 is 0. The monoisotopic (exact) mass is 261 g/mol. The van der Waals surface area contributed by atoms with Gasteiger partial charge in [-0.3, -0.25) is 0 Å². The maximum absolute atomic E-state index is 12.0. The van der Waals surface area contributed by atoms with Gasteiger partial charge in [0, 0.05) is 19.6 Å². The molecule has 3 N–H and O–H groups in total. The molecule has 1 saturated heterocycles. The van der Waals surface area contributed by atoms with E-state index in [9.17, 15) is 4.79 Å². The zero-order valence-electron chi connectivity index (χ0n) is 11.6. The average molecular weight is 261 g/mol. The van der Waals surface area contributed by atoms with E-state index in [1.54, 1.807) is 0 Å². The van der Waals surface area contributed by atoms with Gasteiger partial charge in [0.1, 0.15) is 0 Å². The molecule has 0 saturated carbocycles. The Hall–Kier alpha value is -1.55. The number of aryl methyl sites for hydroxylation is 1. The van der Waals surface area contributed by atoms with Crippen LogP contribution in [0, 0.1) is 12.8 Å². The van der Waals surface area contributed by atoms with Crippen molar-refractivity contribution in [1.82, 2.24) is 10.2 Å². The van der Waals surface area contributed by atoms with Gasteiger partial charge in [0.2, 0.25) is 0 Å². The fourth-order valence-electron chi connectivity index (χ4n) is 2.52. The van der Waals surface area contributed by atoms with Crippen molar-refractivity contribution in [2.45, 2.75) is 19.8 Å². The van der Waals surface area contributed by atoms with Crippen LogP contribution < -0.4 is 11.1 Å². The highest BCUT2D eigenvalue weighted by Crippen LogP contribution is 2.14. The van der Waals surface area contributed by atoms with Crippen LogP contribution in [-0.2, 0) is 6.42 Å². The highest BCUT2D eigenvalue weighted by atomic mass is 16.2. The second-order valence-electron chi connectivity index (χ2n) is 5.24. The van der Waals surface area contributed by atoms with Crippen LogP contribution in [0.4, 0.5) is 4.79 Å². The van der Waals surface area contributed by atoms with Crippen molar-refractivity contribution >= 4 is 6.03 Å². The van der Waals surface area contributed by atoms with Gasteiger partial charge in [-0.05, 0) is 43.4 Å². The molecule has 4 heteroatoms. The predicted octanol–water partition coefficient (Wildman–Crippen LogP) is 1.53. The molecule has 0 aliphatic carbocycles. The van der Waals surface area contributed by atoms with Gasteiger partial charge in [0.25, 0.3) is 0 Å². The zero-order chi connectivity index (χ0) is 13.7. The number of hydrogen-bond acceptors (Lipinski definition) is 2. The number of rotatable bonds is 4. The molecule has 0 spiro atoms. The topological polar surface area (TPSA) is 58.4 Å². The molecule has 0 unspecified atom stereocenters. The van der Waals surface area contributed by atoms with Gasteiger partial charge in [-0.25, -0.2) is 4.79 Å². The van der Waals surface area contributed by atoms with Crippen LogP contribution in [0.1, 0.15) is 17.5 Å². The summed E-state index contributed by atoms with van der Waals surface area (Å²) < 4.78 is 0. The number of urea groups is 1. The largest absolute Gasteiger partial charge is 0.338 e. The number of carbonyl (C=O) groups excluding carboxylic acids is 1. The second-order valence-corrected chi connectivity index (χ2v) is 5.24. The minimum absolute atomic E-state index is 0.0459. The van der Waals surface area contributed by atoms with Gasteiger partial charge in [-0.2, -0.15) is 0 Å². The maximum Gasteiger partial charge on any atom is 0.317 e. The van der Waals surface area contributed by atoms with E-state index in [2.05, 4.69) is 24.4 Å². The molecular weight excluding hydrogens is 238 g/mol. The van der Waals surface area contributed by atoms with Crippen LogP contribution in [0.5, 0.6) is 0 Å². The molecule has 0 aromatic heterocycles. The number of carbonyl (C=O) groups is 1. The molecule has 0 bridgehead atoms. The van der Waals surface area contributed by atoms with E-state index in [0.29, 0.717) is 19.0 Å². The predicted molar refractivity (Wildman–Crippen MR) is 77.0 cm³/mol. The molecule has 1 aliphatic heterocycles. The molecule has 2 amide bonds. The standard InChI is InChI=1S/C15H23N3O/c1-12-4-2-3-5-14(12)6-8-17-15(19)18-9-7-13(10-16)11-18/h2-5,13H,6-11,16H2,1H3,(H,17,19)/t13-/m1/s1. The Morgan fingerprint density at radius 2 is 2.26 bits per heavy atom. The highest BCUT2D eigenvalue weighted by molar-refractivity contribution is 5.74. The summed E-state index contributed by atoms with van der Waals surface area (Å²) in [6, 6.07) is 8.33. The third kappa shape index (κ3) is 3.70. The van der Waals surface area contributed by atoms with E-state index in [4.69, 9.17) is 5.73 Å². The van der Waals surface area contributed by atoms with Crippen molar-refractivity contribution in [3.63, 3.8) is 0 Å². The first-order chi connectivity index (χ1) is 9.20. The molecule has 1 atom stereocenters. The number of amides is 2. The number of nitrogens with two attached hydrogens (primary N) is 1. The Kier molecular flexibility index (Phi) is 4.80. The minimum atomic E-state index is 0.0459. The van der Waals surface area contributed by atoms with Gasteiger partial charge >= 0.3 is 6.03 Å². The lowest BCUT2D eigenvalue weighted by Crippen LogP contribution is -2.39. The summed E-state index contributed by atoms with van der Waals surface area (Å²) in [5, 5.41) is 2.99. The molecular formula is C15H23N3O. The van der Waals surface area contributed by atoms with E-state index in [1.165, 1.54) is 11.1 Å². The normalized spacial score (nSPS) is 18.6. The van der Waals surface area contributed by atoms with Crippen LogP contribution in [0.15, 0.2) is 24.3 Å². The Morgan fingerprint density at radius 3 is 2.95 bits per heavy atom. The lowest BCUT2D eigenvalue weighted by molar-refractivity contribution is 0.207. The van der Waals surface area contributed by atoms with E-state index in [1.807, 2.05) is 17.0 Å². The summed E-state index contributed by atoms with van der Waals surface area (Å²) in [5.41, 5.74) is 8.20. The van der Waals surface area contributed by atoms with Crippen molar-refractivity contribution < 1.29 is 4.79 Å². The van der Waals surface area contributed by atoms with Crippen molar-refractivity contribution in [2.75, 3.05) is 26.2 Å². The number of nitrogens with one attached hydrogen (secondary N) is 1. The third-order valence-electron chi connectivity index (χ3n) is 3.84. The number of hydrogen-bond donors (Lipinski definition) is 2. The summed E-state index contributed by atoms with van der Waals surface area (Å²) in [7, 11) is 0. The quantitative estimate of drug-likeness (QED) is 0.863. The van der Waals surface area contributed by atoms with Crippen molar-refractivity contribution in [2.24, 2.45) is 11.7 Å². The van der Waals surface area contributed by atoms with Gasteiger partial charge in [-0.1, -0.05) is 24.3 Å². The SMILES string of the molecule is Cc1ccccc1CCNC(=O)N1CC[C@H](CN)C1. The Balaban J connectivity index is 1.74. The smallest absolute Gasteiger partial charge is 0.317 e. The van der Waals surface area contributed by atoms with Crippen LogP contribution in [0.25, 0.3) is 0 Å². The van der Waals surface area contributed by atoms with Crippen molar-refractivity contribution in [1.29, 1.82) is 0 Å². The van der Waals surface area contributed by atoms with E-state index >= 15 is 0 Å².